The molecule has 0 aromatic heterocycles. The predicted molar refractivity (Wildman–Crippen MR) is 49.7 cm³/mol. The highest BCUT2D eigenvalue weighted by Gasteiger charge is 1.99. The predicted octanol–water partition coefficient (Wildman–Crippen LogP) is 0.205. The number of nitrogens with two attached hydrogens (primary N) is 1. The quantitative estimate of drug-likeness (QED) is 0.568. The van der Waals surface area contributed by atoms with Crippen LogP contribution in [0.15, 0.2) is 0 Å². The minimum Gasteiger partial charge on any atom is -0.330 e. The first-order valence-electron chi connectivity index (χ1n) is 3.81. The van der Waals surface area contributed by atoms with E-state index < -0.39 is 0 Å². The summed E-state index contributed by atoms with van der Waals surface area (Å²) in [5, 5.41) is 3.19. The molecule has 0 radical (unpaired) electrons. The first-order chi connectivity index (χ1) is 5.31. The molecule has 0 fully saturated rings. The highest BCUT2D eigenvalue weighted by molar-refractivity contribution is 8.13. The Balaban J connectivity index is 3.09. The second-order valence-corrected chi connectivity index (χ2v) is 3.37. The molecule has 3 N–H and O–H groups in total. The molecular weight excluding hydrogens is 160 g/mol. The van der Waals surface area contributed by atoms with E-state index in [1.54, 1.807) is 0 Å². The molecule has 0 rings (SSSR count). The molecule has 66 valence electrons. The summed E-state index contributed by atoms with van der Waals surface area (Å²) in [6.07, 6.45) is 1.54. The lowest BCUT2D eigenvalue weighted by molar-refractivity contribution is -0.110. The number of hydrogen-bond acceptors (Lipinski definition) is 4. The van der Waals surface area contributed by atoms with E-state index in [0.29, 0.717) is 13.0 Å². The van der Waals surface area contributed by atoms with Crippen LogP contribution in [-0.2, 0) is 4.79 Å². The number of hydrogen-bond donors (Lipinski definition) is 2. The van der Waals surface area contributed by atoms with Gasteiger partial charge in [0.15, 0.2) is 5.12 Å². The number of nitrogens with one attached hydrogen (secondary N) is 1. The Kier molecular flexibility index (Phi) is 8.00. The lowest BCUT2D eigenvalue weighted by atomic mass is 10.5. The van der Waals surface area contributed by atoms with E-state index in [1.165, 1.54) is 11.8 Å². The maximum absolute atomic E-state index is 11.0. The fourth-order valence-electron chi connectivity index (χ4n) is 0.569. The summed E-state index contributed by atoms with van der Waals surface area (Å²) in [4.78, 5) is 11.0. The van der Waals surface area contributed by atoms with Gasteiger partial charge in [0.1, 0.15) is 0 Å². The van der Waals surface area contributed by atoms with Crippen LogP contribution in [0.2, 0.25) is 0 Å². The lowest BCUT2D eigenvalue weighted by Crippen LogP contribution is -2.11. The van der Waals surface area contributed by atoms with Crippen molar-refractivity contribution in [2.24, 2.45) is 5.73 Å². The average Bonchev–Trinajstić information content (AvgIpc) is 2.01. The van der Waals surface area contributed by atoms with Gasteiger partial charge in [0.05, 0.1) is 0 Å². The van der Waals surface area contributed by atoms with Crippen LogP contribution in [0, 0.1) is 0 Å². The molecule has 11 heavy (non-hydrogen) atoms. The molecule has 0 aromatic rings. The summed E-state index contributed by atoms with van der Waals surface area (Å²) >= 11 is 1.38. The van der Waals surface area contributed by atoms with Crippen molar-refractivity contribution in [2.75, 3.05) is 25.9 Å². The van der Waals surface area contributed by atoms with Crippen molar-refractivity contribution < 1.29 is 4.79 Å². The highest BCUT2D eigenvalue weighted by atomic mass is 32.2. The maximum Gasteiger partial charge on any atom is 0.190 e. The van der Waals surface area contributed by atoms with Gasteiger partial charge in [-0.15, -0.1) is 0 Å². The molecule has 0 aliphatic carbocycles. The second kappa shape index (κ2) is 8.04. The molecule has 3 nitrogen and oxygen atoms in total. The minimum absolute atomic E-state index is 0.257. The fourth-order valence-corrected chi connectivity index (χ4v) is 1.35. The van der Waals surface area contributed by atoms with Gasteiger partial charge in [0.25, 0.3) is 0 Å². The summed E-state index contributed by atoms with van der Waals surface area (Å²) in [5.74, 6) is 0.860. The summed E-state index contributed by atoms with van der Waals surface area (Å²) in [5.41, 5.74) is 5.28. The van der Waals surface area contributed by atoms with Gasteiger partial charge >= 0.3 is 0 Å². The fraction of sp³-hybridized carbons (Fsp3) is 0.857. The molecule has 0 aliphatic heterocycles. The van der Waals surface area contributed by atoms with Gasteiger partial charge in [0, 0.05) is 18.7 Å². The van der Waals surface area contributed by atoms with Crippen LogP contribution in [0.1, 0.15) is 12.8 Å². The van der Waals surface area contributed by atoms with Gasteiger partial charge in [-0.1, -0.05) is 11.8 Å². The molecule has 0 unspecified atom stereocenters. The Morgan fingerprint density at radius 1 is 1.64 bits per heavy atom. The van der Waals surface area contributed by atoms with Crippen LogP contribution in [0.3, 0.4) is 0 Å². The monoisotopic (exact) mass is 176 g/mol. The Morgan fingerprint density at radius 3 is 2.91 bits per heavy atom. The molecule has 0 heterocycles. The third-order valence-electron chi connectivity index (χ3n) is 1.19. The number of thioether (sulfide) groups is 1. The Morgan fingerprint density at radius 2 is 2.36 bits per heavy atom. The Bertz CT molecular complexity index is 109. The second-order valence-electron chi connectivity index (χ2n) is 2.22. The Hall–Kier alpha value is -0.0600. The molecule has 0 atom stereocenters. The zero-order chi connectivity index (χ0) is 8.53. The summed E-state index contributed by atoms with van der Waals surface area (Å²) in [7, 11) is 1.85. The van der Waals surface area contributed by atoms with Gasteiger partial charge in [-0.25, -0.2) is 0 Å². The first kappa shape index (κ1) is 10.9. The number of carbonyl (C=O) groups excluding carboxylic acids is 1. The molecule has 0 bridgehead atoms. The van der Waals surface area contributed by atoms with Crippen molar-refractivity contribution in [3.63, 3.8) is 0 Å². The van der Waals surface area contributed by atoms with Gasteiger partial charge in [-0.3, -0.25) is 4.79 Å². The first-order valence-corrected chi connectivity index (χ1v) is 4.80. The van der Waals surface area contributed by atoms with Gasteiger partial charge in [0.2, 0.25) is 0 Å². The summed E-state index contributed by atoms with van der Waals surface area (Å²) in [6, 6.07) is 0. The van der Waals surface area contributed by atoms with Crippen LogP contribution in [0.4, 0.5) is 0 Å². The van der Waals surface area contributed by atoms with Crippen LogP contribution < -0.4 is 11.1 Å². The molecular formula is C7H16N2OS. The molecule has 0 amide bonds. The number of carbonyl (C=O) groups is 1. The molecule has 0 aliphatic rings. The number of rotatable bonds is 6. The van der Waals surface area contributed by atoms with Gasteiger partial charge in [-0.05, 0) is 20.0 Å². The molecule has 0 saturated heterocycles. The lowest BCUT2D eigenvalue weighted by Gasteiger charge is -1.98. The summed E-state index contributed by atoms with van der Waals surface area (Å²) in [6.45, 7) is 1.45. The highest BCUT2D eigenvalue weighted by Crippen LogP contribution is 2.05. The molecule has 0 saturated carbocycles. The van der Waals surface area contributed by atoms with E-state index in [4.69, 9.17) is 5.73 Å². The molecule has 0 aromatic carbocycles. The Labute approximate surface area is 72.1 Å². The van der Waals surface area contributed by atoms with Crippen molar-refractivity contribution in [1.29, 1.82) is 0 Å². The zero-order valence-electron chi connectivity index (χ0n) is 6.93. The van der Waals surface area contributed by atoms with Crippen LogP contribution in [0.25, 0.3) is 0 Å². The third-order valence-corrected chi connectivity index (χ3v) is 2.21. The van der Waals surface area contributed by atoms with Crippen molar-refractivity contribution in [1.82, 2.24) is 5.32 Å². The SMILES string of the molecule is CNCCC(=O)SCCCN. The van der Waals surface area contributed by atoms with Crippen LogP contribution >= 0.6 is 11.8 Å². The van der Waals surface area contributed by atoms with Crippen LogP contribution in [-0.4, -0.2) is 31.0 Å². The largest absolute Gasteiger partial charge is 0.330 e. The third kappa shape index (κ3) is 7.84. The van der Waals surface area contributed by atoms with Crippen LogP contribution in [0.5, 0.6) is 0 Å². The van der Waals surface area contributed by atoms with Crippen molar-refractivity contribution in [3.05, 3.63) is 0 Å². The van der Waals surface area contributed by atoms with Crippen molar-refractivity contribution in [3.8, 4) is 0 Å². The zero-order valence-corrected chi connectivity index (χ0v) is 7.75. The van der Waals surface area contributed by atoms with E-state index in [0.717, 1.165) is 18.7 Å². The van der Waals surface area contributed by atoms with E-state index >= 15 is 0 Å². The summed E-state index contributed by atoms with van der Waals surface area (Å²) < 4.78 is 0. The van der Waals surface area contributed by atoms with Crippen molar-refractivity contribution in [2.45, 2.75) is 12.8 Å². The smallest absolute Gasteiger partial charge is 0.190 e. The van der Waals surface area contributed by atoms with Gasteiger partial charge < -0.3 is 11.1 Å². The molecule has 0 spiro atoms. The average molecular weight is 176 g/mol. The van der Waals surface area contributed by atoms with Gasteiger partial charge in [-0.2, -0.15) is 0 Å². The normalized spacial score (nSPS) is 10.0. The van der Waals surface area contributed by atoms with E-state index in [2.05, 4.69) is 5.32 Å². The topological polar surface area (TPSA) is 55.1 Å². The standard InChI is InChI=1S/C7H16N2OS/c1-9-5-3-7(10)11-6-2-4-8/h9H,2-6,8H2,1H3. The van der Waals surface area contributed by atoms with Crippen molar-refractivity contribution >= 4 is 16.9 Å². The molecule has 4 heteroatoms. The maximum atomic E-state index is 11.0. The van der Waals surface area contributed by atoms with E-state index in [1.807, 2.05) is 7.05 Å². The minimum atomic E-state index is 0.257. The van der Waals surface area contributed by atoms with E-state index in [-0.39, 0.29) is 5.12 Å². The van der Waals surface area contributed by atoms with E-state index in [9.17, 15) is 4.79 Å².